The van der Waals surface area contributed by atoms with E-state index in [2.05, 4.69) is 53.0 Å². The molecule has 2 rings (SSSR count). The molecule has 1 N–H and O–H groups in total. The molecule has 2 nitrogen and oxygen atoms in total. The lowest BCUT2D eigenvalue weighted by atomic mass is 10.1. The zero-order valence-electron chi connectivity index (χ0n) is 8.92. The van der Waals surface area contributed by atoms with E-state index in [0.29, 0.717) is 6.04 Å². The Balaban J connectivity index is 2.00. The van der Waals surface area contributed by atoms with Gasteiger partial charge in [0.05, 0.1) is 0 Å². The fraction of sp³-hybridized carbons (Fsp3) is 0.500. The number of hydrogen-bond acceptors (Lipinski definition) is 2. The van der Waals surface area contributed by atoms with Crippen LogP contribution < -0.4 is 5.32 Å². The average molecular weight is 317 g/mol. The minimum atomic E-state index is 0.582. The van der Waals surface area contributed by atoms with Gasteiger partial charge in [-0.05, 0) is 66.1 Å². The van der Waals surface area contributed by atoms with E-state index in [0.717, 1.165) is 26.1 Å². The van der Waals surface area contributed by atoms with Crippen molar-refractivity contribution in [3.8, 4) is 0 Å². The van der Waals surface area contributed by atoms with Crippen LogP contribution in [0.4, 0.5) is 5.69 Å². The van der Waals surface area contributed by atoms with Gasteiger partial charge in [0.25, 0.3) is 0 Å². The highest BCUT2D eigenvalue weighted by atomic mass is 127. The molecule has 0 aliphatic carbocycles. The lowest BCUT2D eigenvalue weighted by Gasteiger charge is -2.24. The van der Waals surface area contributed by atoms with Gasteiger partial charge in [-0.15, -0.1) is 0 Å². The summed E-state index contributed by atoms with van der Waals surface area (Å²) in [7, 11) is 0. The highest BCUT2D eigenvalue weighted by Crippen LogP contribution is 2.19. The molecule has 1 aromatic carbocycles. The molecule has 3 heteroatoms. The van der Waals surface area contributed by atoms with Crippen LogP contribution >= 0.6 is 22.6 Å². The number of aryl methyl sites for hydroxylation is 1. The standard InChI is InChI=1S/C12H16INO/c1-9-8-11(2-3-12(9)13)14-10-4-6-15-7-5-10/h2-3,8,10,14H,4-7H2,1H3. The van der Waals surface area contributed by atoms with Crippen LogP contribution in [0.2, 0.25) is 0 Å². The molecule has 0 saturated carbocycles. The summed E-state index contributed by atoms with van der Waals surface area (Å²) < 4.78 is 6.66. The van der Waals surface area contributed by atoms with Gasteiger partial charge < -0.3 is 10.1 Å². The Labute approximate surface area is 105 Å². The fourth-order valence-electron chi connectivity index (χ4n) is 1.81. The molecular weight excluding hydrogens is 301 g/mol. The molecule has 0 amide bonds. The third kappa shape index (κ3) is 3.08. The Morgan fingerprint density at radius 2 is 2.07 bits per heavy atom. The average Bonchev–Trinajstić information content (AvgIpc) is 2.25. The van der Waals surface area contributed by atoms with Crippen molar-refractivity contribution in [1.82, 2.24) is 0 Å². The molecule has 0 bridgehead atoms. The predicted molar refractivity (Wildman–Crippen MR) is 71.4 cm³/mol. The highest BCUT2D eigenvalue weighted by Gasteiger charge is 2.13. The molecule has 82 valence electrons. The predicted octanol–water partition coefficient (Wildman–Crippen LogP) is 3.19. The zero-order chi connectivity index (χ0) is 10.7. The maximum absolute atomic E-state index is 5.34. The Morgan fingerprint density at radius 1 is 1.33 bits per heavy atom. The van der Waals surface area contributed by atoms with Crippen LogP contribution in [0.3, 0.4) is 0 Å². The second-order valence-electron chi connectivity index (χ2n) is 3.99. The first-order chi connectivity index (χ1) is 7.25. The van der Waals surface area contributed by atoms with Crippen LogP contribution in [0.25, 0.3) is 0 Å². The van der Waals surface area contributed by atoms with Gasteiger partial charge in [-0.2, -0.15) is 0 Å². The van der Waals surface area contributed by atoms with E-state index < -0.39 is 0 Å². The van der Waals surface area contributed by atoms with Gasteiger partial charge in [0.2, 0.25) is 0 Å². The summed E-state index contributed by atoms with van der Waals surface area (Å²) >= 11 is 2.36. The monoisotopic (exact) mass is 317 g/mol. The van der Waals surface area contributed by atoms with E-state index in [9.17, 15) is 0 Å². The second kappa shape index (κ2) is 5.16. The van der Waals surface area contributed by atoms with Gasteiger partial charge >= 0.3 is 0 Å². The Morgan fingerprint density at radius 3 is 2.73 bits per heavy atom. The van der Waals surface area contributed by atoms with Gasteiger partial charge in [0.15, 0.2) is 0 Å². The summed E-state index contributed by atoms with van der Waals surface area (Å²) in [5.74, 6) is 0. The number of ether oxygens (including phenoxy) is 1. The summed E-state index contributed by atoms with van der Waals surface area (Å²) in [6, 6.07) is 7.12. The van der Waals surface area contributed by atoms with Crippen molar-refractivity contribution in [3.63, 3.8) is 0 Å². The first-order valence-electron chi connectivity index (χ1n) is 5.36. The second-order valence-corrected chi connectivity index (χ2v) is 5.16. The van der Waals surface area contributed by atoms with Crippen molar-refractivity contribution in [2.45, 2.75) is 25.8 Å². The minimum absolute atomic E-state index is 0.582. The molecule has 0 radical (unpaired) electrons. The van der Waals surface area contributed by atoms with E-state index >= 15 is 0 Å². The third-order valence-electron chi connectivity index (χ3n) is 2.75. The minimum Gasteiger partial charge on any atom is -0.382 e. The van der Waals surface area contributed by atoms with Gasteiger partial charge in [-0.1, -0.05) is 0 Å². The highest BCUT2D eigenvalue weighted by molar-refractivity contribution is 14.1. The van der Waals surface area contributed by atoms with Crippen molar-refractivity contribution in [1.29, 1.82) is 0 Å². The van der Waals surface area contributed by atoms with Crippen molar-refractivity contribution in [2.24, 2.45) is 0 Å². The summed E-state index contributed by atoms with van der Waals surface area (Å²) in [6.07, 6.45) is 2.23. The molecule has 0 unspecified atom stereocenters. The number of benzene rings is 1. The molecule has 0 spiro atoms. The SMILES string of the molecule is Cc1cc(NC2CCOCC2)ccc1I. The maximum Gasteiger partial charge on any atom is 0.0485 e. The van der Waals surface area contributed by atoms with E-state index in [1.54, 1.807) is 0 Å². The Bertz CT molecular complexity index is 334. The van der Waals surface area contributed by atoms with E-state index in [1.807, 2.05) is 0 Å². The largest absolute Gasteiger partial charge is 0.382 e. The van der Waals surface area contributed by atoms with E-state index in [1.165, 1.54) is 14.8 Å². The number of nitrogens with one attached hydrogen (secondary N) is 1. The lowest BCUT2D eigenvalue weighted by molar-refractivity contribution is 0.0904. The van der Waals surface area contributed by atoms with Crippen molar-refractivity contribution >= 4 is 28.3 Å². The molecule has 0 aromatic heterocycles. The summed E-state index contributed by atoms with van der Waals surface area (Å²) in [5.41, 5.74) is 2.58. The number of hydrogen-bond donors (Lipinski definition) is 1. The molecule has 1 aromatic rings. The number of rotatable bonds is 2. The first kappa shape index (κ1) is 11.2. The molecule has 1 aliphatic rings. The van der Waals surface area contributed by atoms with Crippen molar-refractivity contribution < 1.29 is 4.74 Å². The molecule has 1 saturated heterocycles. The van der Waals surface area contributed by atoms with Crippen LogP contribution in [0.15, 0.2) is 18.2 Å². The maximum atomic E-state index is 5.34. The van der Waals surface area contributed by atoms with Crippen molar-refractivity contribution in [2.75, 3.05) is 18.5 Å². The van der Waals surface area contributed by atoms with Crippen LogP contribution in [-0.2, 0) is 4.74 Å². The summed E-state index contributed by atoms with van der Waals surface area (Å²) in [4.78, 5) is 0. The van der Waals surface area contributed by atoms with E-state index in [4.69, 9.17) is 4.74 Å². The molecule has 0 atom stereocenters. The zero-order valence-corrected chi connectivity index (χ0v) is 11.1. The van der Waals surface area contributed by atoms with Crippen LogP contribution in [0.5, 0.6) is 0 Å². The number of anilines is 1. The quantitative estimate of drug-likeness (QED) is 0.846. The summed E-state index contributed by atoms with van der Waals surface area (Å²) in [5, 5.41) is 3.57. The third-order valence-corrected chi connectivity index (χ3v) is 3.96. The Hall–Kier alpha value is -0.290. The molecule has 1 heterocycles. The molecule has 15 heavy (non-hydrogen) atoms. The van der Waals surface area contributed by atoms with Gasteiger partial charge in [0.1, 0.15) is 0 Å². The first-order valence-corrected chi connectivity index (χ1v) is 6.44. The lowest BCUT2D eigenvalue weighted by Crippen LogP contribution is -2.27. The van der Waals surface area contributed by atoms with Gasteiger partial charge in [0, 0.05) is 28.5 Å². The number of halogens is 1. The molecule has 1 aliphatic heterocycles. The van der Waals surface area contributed by atoms with Crippen LogP contribution in [0, 0.1) is 10.5 Å². The van der Waals surface area contributed by atoms with E-state index in [-0.39, 0.29) is 0 Å². The van der Waals surface area contributed by atoms with Crippen LogP contribution in [0.1, 0.15) is 18.4 Å². The summed E-state index contributed by atoms with van der Waals surface area (Å²) in [6.45, 7) is 3.93. The topological polar surface area (TPSA) is 21.3 Å². The van der Waals surface area contributed by atoms with Crippen LogP contribution in [-0.4, -0.2) is 19.3 Å². The van der Waals surface area contributed by atoms with Crippen molar-refractivity contribution in [3.05, 3.63) is 27.3 Å². The normalized spacial score (nSPS) is 17.7. The fourth-order valence-corrected chi connectivity index (χ4v) is 2.15. The smallest absolute Gasteiger partial charge is 0.0485 e. The molecular formula is C12H16INO. The van der Waals surface area contributed by atoms with Gasteiger partial charge in [-0.25, -0.2) is 0 Å². The Kier molecular flexibility index (Phi) is 3.86. The molecule has 1 fully saturated rings. The van der Waals surface area contributed by atoms with Gasteiger partial charge in [-0.3, -0.25) is 0 Å².